The summed E-state index contributed by atoms with van der Waals surface area (Å²) in [5.41, 5.74) is 1.41. The van der Waals surface area contributed by atoms with Gasteiger partial charge in [-0.25, -0.2) is 0 Å². The van der Waals surface area contributed by atoms with Crippen molar-refractivity contribution in [2.75, 3.05) is 16.8 Å². The molecule has 2 heterocycles. The lowest BCUT2D eigenvalue weighted by Crippen LogP contribution is -2.92. The molecule has 0 saturated carbocycles. The van der Waals surface area contributed by atoms with E-state index in [2.05, 4.69) is 5.32 Å². The predicted octanol–water partition coefficient (Wildman–Crippen LogP) is 1.28. The molecule has 0 saturated heterocycles. The summed E-state index contributed by atoms with van der Waals surface area (Å²) < 4.78 is 5.37. The van der Waals surface area contributed by atoms with E-state index in [1.165, 1.54) is 0 Å². The maximum Gasteiger partial charge on any atom is 0.285 e. The van der Waals surface area contributed by atoms with E-state index >= 15 is 0 Å². The molecule has 0 radical (unpaired) electrons. The van der Waals surface area contributed by atoms with Crippen LogP contribution in [0.4, 0.5) is 11.4 Å². The van der Waals surface area contributed by atoms with Gasteiger partial charge in [-0.15, -0.1) is 0 Å². The minimum Gasteiger partial charge on any atom is -0.463 e. The Morgan fingerprint density at radius 3 is 2.78 bits per heavy atom. The summed E-state index contributed by atoms with van der Waals surface area (Å²) in [7, 11) is 0. The van der Waals surface area contributed by atoms with Crippen molar-refractivity contribution in [3.8, 4) is 0 Å². The van der Waals surface area contributed by atoms with Gasteiger partial charge < -0.3 is 15.1 Å². The Morgan fingerprint density at radius 2 is 2.04 bits per heavy atom. The van der Waals surface area contributed by atoms with Crippen molar-refractivity contribution >= 4 is 23.2 Å². The molecular weight excluding hydrogens is 294 g/mol. The quantitative estimate of drug-likeness (QED) is 0.892. The second kappa shape index (κ2) is 6.26. The van der Waals surface area contributed by atoms with Crippen LogP contribution in [0.25, 0.3) is 0 Å². The number of amides is 2. The summed E-state index contributed by atoms with van der Waals surface area (Å²) in [5, 5.41) is 4.73. The molecular formula is C17H20N3O3+. The molecule has 1 aromatic heterocycles. The zero-order valence-electron chi connectivity index (χ0n) is 13.2. The van der Waals surface area contributed by atoms with Gasteiger partial charge in [-0.1, -0.05) is 12.1 Å². The van der Waals surface area contributed by atoms with Crippen molar-refractivity contribution in [2.45, 2.75) is 25.9 Å². The van der Waals surface area contributed by atoms with Crippen LogP contribution in [0.2, 0.25) is 0 Å². The van der Waals surface area contributed by atoms with E-state index < -0.39 is 0 Å². The van der Waals surface area contributed by atoms with Crippen molar-refractivity contribution < 1.29 is 19.3 Å². The lowest BCUT2D eigenvalue weighted by Gasteiger charge is -2.30. The molecule has 0 unspecified atom stereocenters. The topological polar surface area (TPSA) is 79.2 Å². The number of anilines is 2. The van der Waals surface area contributed by atoms with Crippen LogP contribution in [0.15, 0.2) is 47.1 Å². The van der Waals surface area contributed by atoms with Gasteiger partial charge in [-0.05, 0) is 38.1 Å². The largest absolute Gasteiger partial charge is 0.463 e. The first kappa shape index (κ1) is 15.3. The third-order valence-electron chi connectivity index (χ3n) is 4.00. The minimum absolute atomic E-state index is 0.0258. The van der Waals surface area contributed by atoms with Crippen LogP contribution in [-0.2, 0) is 9.59 Å². The Hall–Kier alpha value is -2.60. The average Bonchev–Trinajstić information content (AvgIpc) is 3.07. The van der Waals surface area contributed by atoms with Crippen LogP contribution >= 0.6 is 0 Å². The van der Waals surface area contributed by atoms with Gasteiger partial charge in [-0.2, -0.15) is 0 Å². The second-order valence-corrected chi connectivity index (χ2v) is 5.77. The van der Waals surface area contributed by atoms with Crippen molar-refractivity contribution in [3.05, 3.63) is 48.4 Å². The number of rotatable bonds is 4. The van der Waals surface area contributed by atoms with Crippen LogP contribution < -0.4 is 15.5 Å². The normalized spacial score (nSPS) is 16.4. The number of hydrogen-bond acceptors (Lipinski definition) is 3. The fourth-order valence-corrected chi connectivity index (χ4v) is 2.84. The summed E-state index contributed by atoms with van der Waals surface area (Å²) in [6.07, 6.45) is 1.62. The zero-order valence-corrected chi connectivity index (χ0v) is 13.2. The number of carbonyl (C=O) groups is 2. The summed E-state index contributed by atoms with van der Waals surface area (Å²) in [6, 6.07) is 10.8. The van der Waals surface area contributed by atoms with E-state index in [4.69, 9.17) is 4.42 Å². The maximum absolute atomic E-state index is 12.8. The van der Waals surface area contributed by atoms with Gasteiger partial charge in [0.1, 0.15) is 12.6 Å². The lowest BCUT2D eigenvalue weighted by atomic mass is 10.1. The minimum atomic E-state index is -0.325. The Kier molecular flexibility index (Phi) is 4.16. The molecule has 2 atom stereocenters. The van der Waals surface area contributed by atoms with Gasteiger partial charge in [0.25, 0.3) is 5.91 Å². The standard InChI is InChI=1S/C17H19N3O3/c1-11(15-8-5-9-23-15)18-12(2)17(22)20-10-16(21)19-13-6-3-4-7-14(13)20/h3-9,11-12,18H,10H2,1-2H3,(H,19,21)/p+1/t11-,12+/m1/s1. The van der Waals surface area contributed by atoms with E-state index in [9.17, 15) is 9.59 Å². The highest BCUT2D eigenvalue weighted by Gasteiger charge is 2.32. The third kappa shape index (κ3) is 3.12. The first-order chi connectivity index (χ1) is 11.1. The zero-order chi connectivity index (χ0) is 16.4. The van der Waals surface area contributed by atoms with Gasteiger partial charge in [0, 0.05) is 0 Å². The predicted molar refractivity (Wildman–Crippen MR) is 85.9 cm³/mol. The number of para-hydroxylation sites is 2. The van der Waals surface area contributed by atoms with E-state index in [-0.39, 0.29) is 30.4 Å². The van der Waals surface area contributed by atoms with Crippen LogP contribution in [-0.4, -0.2) is 24.4 Å². The number of fused-ring (bicyclic) bond motifs is 1. The summed E-state index contributed by atoms with van der Waals surface area (Å²) in [6.45, 7) is 3.87. The highest BCUT2D eigenvalue weighted by Crippen LogP contribution is 2.29. The molecule has 2 amide bonds. The third-order valence-corrected chi connectivity index (χ3v) is 4.00. The lowest BCUT2D eigenvalue weighted by molar-refractivity contribution is -0.711. The molecule has 1 aromatic carbocycles. The van der Waals surface area contributed by atoms with Gasteiger partial charge in [0.2, 0.25) is 5.91 Å². The molecule has 23 heavy (non-hydrogen) atoms. The number of benzene rings is 1. The van der Waals surface area contributed by atoms with Crippen molar-refractivity contribution in [1.82, 2.24) is 0 Å². The highest BCUT2D eigenvalue weighted by atomic mass is 16.3. The monoisotopic (exact) mass is 314 g/mol. The first-order valence-electron chi connectivity index (χ1n) is 7.65. The van der Waals surface area contributed by atoms with Crippen LogP contribution in [0.1, 0.15) is 25.6 Å². The number of carbonyl (C=O) groups excluding carboxylic acids is 2. The summed E-state index contributed by atoms with van der Waals surface area (Å²) >= 11 is 0. The number of hydrogen-bond donors (Lipinski definition) is 2. The van der Waals surface area contributed by atoms with Gasteiger partial charge >= 0.3 is 0 Å². The van der Waals surface area contributed by atoms with Crippen LogP contribution in [0.3, 0.4) is 0 Å². The van der Waals surface area contributed by atoms with Crippen molar-refractivity contribution in [1.29, 1.82) is 0 Å². The van der Waals surface area contributed by atoms with Crippen molar-refractivity contribution in [2.24, 2.45) is 0 Å². The number of nitrogens with one attached hydrogen (secondary N) is 1. The second-order valence-electron chi connectivity index (χ2n) is 5.77. The smallest absolute Gasteiger partial charge is 0.285 e. The Morgan fingerprint density at radius 1 is 1.26 bits per heavy atom. The Balaban J connectivity index is 1.76. The van der Waals surface area contributed by atoms with Gasteiger partial charge in [0.05, 0.1) is 17.6 Å². The highest BCUT2D eigenvalue weighted by molar-refractivity contribution is 6.10. The van der Waals surface area contributed by atoms with Crippen molar-refractivity contribution in [3.63, 3.8) is 0 Å². The number of nitrogens with zero attached hydrogens (tertiary/aromatic N) is 1. The number of nitrogens with two attached hydrogens (primary N) is 1. The molecule has 6 heteroatoms. The molecule has 2 aromatic rings. The molecule has 3 rings (SSSR count). The van der Waals surface area contributed by atoms with Crippen LogP contribution in [0, 0.1) is 0 Å². The number of furan rings is 1. The summed E-state index contributed by atoms with van der Waals surface area (Å²) in [5.74, 6) is 0.551. The molecule has 0 bridgehead atoms. The van der Waals surface area contributed by atoms with E-state index in [1.54, 1.807) is 17.2 Å². The Bertz CT molecular complexity index is 712. The molecule has 0 aliphatic carbocycles. The fraction of sp³-hybridized carbons (Fsp3) is 0.294. The molecule has 0 spiro atoms. The molecule has 0 fully saturated rings. The summed E-state index contributed by atoms with van der Waals surface area (Å²) in [4.78, 5) is 26.2. The average molecular weight is 314 g/mol. The molecule has 6 nitrogen and oxygen atoms in total. The SMILES string of the molecule is C[C@H]([NH2+][C@H](C)c1ccco1)C(=O)N1CC(=O)Nc2ccccc21. The Labute approximate surface area is 134 Å². The molecule has 120 valence electrons. The fourth-order valence-electron chi connectivity index (χ4n) is 2.84. The van der Waals surface area contributed by atoms with E-state index in [0.29, 0.717) is 5.69 Å². The van der Waals surface area contributed by atoms with Gasteiger partial charge in [-0.3, -0.25) is 14.5 Å². The van der Waals surface area contributed by atoms with E-state index in [1.807, 2.05) is 49.5 Å². The van der Waals surface area contributed by atoms with Gasteiger partial charge in [0.15, 0.2) is 11.8 Å². The molecule has 1 aliphatic rings. The molecule has 1 aliphatic heterocycles. The maximum atomic E-state index is 12.8. The van der Waals surface area contributed by atoms with Crippen LogP contribution in [0.5, 0.6) is 0 Å². The number of quaternary nitrogens is 1. The molecule has 3 N–H and O–H groups in total. The first-order valence-corrected chi connectivity index (χ1v) is 7.65. The van der Waals surface area contributed by atoms with E-state index in [0.717, 1.165) is 11.4 Å².